The second-order valence-corrected chi connectivity index (χ2v) is 4.69. The number of rotatable bonds is 3. The van der Waals surface area contributed by atoms with Gasteiger partial charge in [0.15, 0.2) is 0 Å². The standard InChI is InChI=1S/C10H22N2O/c1-4-5-9(2,11)10(13)6-7-12(3)8-10/h13H,4-8,11H2,1-3H3. The summed E-state index contributed by atoms with van der Waals surface area (Å²) in [6.45, 7) is 5.73. The van der Waals surface area contributed by atoms with E-state index in [4.69, 9.17) is 5.73 Å². The van der Waals surface area contributed by atoms with E-state index in [1.807, 2.05) is 14.0 Å². The minimum atomic E-state index is -0.683. The normalized spacial score (nSPS) is 34.8. The van der Waals surface area contributed by atoms with Gasteiger partial charge in [0.25, 0.3) is 0 Å². The van der Waals surface area contributed by atoms with E-state index in [9.17, 15) is 5.11 Å². The van der Waals surface area contributed by atoms with Crippen LogP contribution in [0.25, 0.3) is 0 Å². The third-order valence-electron chi connectivity index (χ3n) is 3.27. The van der Waals surface area contributed by atoms with Crippen LogP contribution in [-0.2, 0) is 0 Å². The molecule has 3 nitrogen and oxygen atoms in total. The maximum Gasteiger partial charge on any atom is 0.0961 e. The molecule has 0 aromatic heterocycles. The van der Waals surface area contributed by atoms with Crippen LogP contribution in [0.3, 0.4) is 0 Å². The van der Waals surface area contributed by atoms with Crippen LogP contribution in [0, 0.1) is 0 Å². The van der Waals surface area contributed by atoms with E-state index in [0.29, 0.717) is 6.54 Å². The van der Waals surface area contributed by atoms with Gasteiger partial charge in [-0.05, 0) is 26.8 Å². The summed E-state index contributed by atoms with van der Waals surface area (Å²) in [7, 11) is 2.03. The summed E-state index contributed by atoms with van der Waals surface area (Å²) < 4.78 is 0. The molecule has 1 fully saturated rings. The predicted octanol–water partition coefficient (Wildman–Crippen LogP) is 0.571. The largest absolute Gasteiger partial charge is 0.387 e. The zero-order valence-electron chi connectivity index (χ0n) is 9.01. The first-order valence-corrected chi connectivity index (χ1v) is 5.11. The Morgan fingerprint density at radius 1 is 1.62 bits per heavy atom. The van der Waals surface area contributed by atoms with Crippen molar-refractivity contribution in [2.24, 2.45) is 5.73 Å². The van der Waals surface area contributed by atoms with E-state index < -0.39 is 11.1 Å². The van der Waals surface area contributed by atoms with Crippen LogP contribution in [0.2, 0.25) is 0 Å². The minimum Gasteiger partial charge on any atom is -0.387 e. The monoisotopic (exact) mass is 186 g/mol. The molecule has 1 aliphatic heterocycles. The van der Waals surface area contributed by atoms with Crippen molar-refractivity contribution >= 4 is 0 Å². The predicted molar refractivity (Wildman–Crippen MR) is 54.6 cm³/mol. The summed E-state index contributed by atoms with van der Waals surface area (Å²) in [6, 6.07) is 0. The molecular formula is C10H22N2O. The SMILES string of the molecule is CCCC(C)(N)C1(O)CCN(C)C1. The zero-order valence-corrected chi connectivity index (χ0v) is 9.01. The van der Waals surface area contributed by atoms with Crippen LogP contribution in [-0.4, -0.2) is 41.3 Å². The molecule has 0 aromatic rings. The fourth-order valence-corrected chi connectivity index (χ4v) is 2.20. The third kappa shape index (κ3) is 2.03. The number of β-amino-alcohol motifs (C(OH)–C–C–N with tert-alkyl or cyclic N) is 1. The number of likely N-dealkylation sites (tertiary alicyclic amines) is 1. The zero-order chi connectivity index (χ0) is 10.1. The number of aliphatic hydroxyl groups is 1. The molecule has 0 aliphatic carbocycles. The number of likely N-dealkylation sites (N-methyl/N-ethyl adjacent to an activating group) is 1. The van der Waals surface area contributed by atoms with Gasteiger partial charge in [0.1, 0.15) is 0 Å². The average molecular weight is 186 g/mol. The van der Waals surface area contributed by atoms with Crippen molar-refractivity contribution in [3.63, 3.8) is 0 Å². The van der Waals surface area contributed by atoms with Gasteiger partial charge in [0, 0.05) is 18.6 Å². The van der Waals surface area contributed by atoms with Gasteiger partial charge in [0.2, 0.25) is 0 Å². The first kappa shape index (κ1) is 11.0. The Labute approximate surface area is 80.9 Å². The van der Waals surface area contributed by atoms with Crippen molar-refractivity contribution in [1.82, 2.24) is 4.90 Å². The number of nitrogens with zero attached hydrogens (tertiary/aromatic N) is 1. The molecule has 1 rings (SSSR count). The molecule has 1 heterocycles. The number of hydrogen-bond donors (Lipinski definition) is 2. The smallest absolute Gasteiger partial charge is 0.0961 e. The maximum absolute atomic E-state index is 10.4. The molecule has 1 saturated heterocycles. The van der Waals surface area contributed by atoms with Gasteiger partial charge in [-0.2, -0.15) is 0 Å². The highest BCUT2D eigenvalue weighted by Gasteiger charge is 2.47. The van der Waals surface area contributed by atoms with Gasteiger partial charge < -0.3 is 15.7 Å². The van der Waals surface area contributed by atoms with Crippen LogP contribution < -0.4 is 5.73 Å². The quantitative estimate of drug-likeness (QED) is 0.677. The van der Waals surface area contributed by atoms with Crippen molar-refractivity contribution in [3.05, 3.63) is 0 Å². The molecule has 2 unspecified atom stereocenters. The summed E-state index contributed by atoms with van der Waals surface area (Å²) in [4.78, 5) is 2.14. The van der Waals surface area contributed by atoms with Crippen molar-refractivity contribution in [1.29, 1.82) is 0 Å². The van der Waals surface area contributed by atoms with E-state index in [1.54, 1.807) is 0 Å². The topological polar surface area (TPSA) is 49.5 Å². The molecule has 3 N–H and O–H groups in total. The Bertz CT molecular complexity index is 182. The molecule has 0 saturated carbocycles. The second kappa shape index (κ2) is 3.56. The van der Waals surface area contributed by atoms with Gasteiger partial charge in [-0.1, -0.05) is 13.3 Å². The van der Waals surface area contributed by atoms with Gasteiger partial charge in [-0.3, -0.25) is 0 Å². The lowest BCUT2D eigenvalue weighted by Crippen LogP contribution is -2.59. The second-order valence-electron chi connectivity index (χ2n) is 4.69. The summed E-state index contributed by atoms with van der Waals surface area (Å²) in [5, 5.41) is 10.4. The van der Waals surface area contributed by atoms with Crippen molar-refractivity contribution < 1.29 is 5.11 Å². The molecule has 78 valence electrons. The molecular weight excluding hydrogens is 164 g/mol. The fourth-order valence-electron chi connectivity index (χ4n) is 2.20. The van der Waals surface area contributed by atoms with E-state index in [-0.39, 0.29) is 0 Å². The Kier molecular flexibility index (Phi) is 3.00. The minimum absolute atomic E-state index is 0.438. The van der Waals surface area contributed by atoms with E-state index in [1.165, 1.54) is 0 Å². The first-order valence-electron chi connectivity index (χ1n) is 5.11. The lowest BCUT2D eigenvalue weighted by Gasteiger charge is -2.39. The highest BCUT2D eigenvalue weighted by atomic mass is 16.3. The van der Waals surface area contributed by atoms with Crippen molar-refractivity contribution in [3.8, 4) is 0 Å². The molecule has 1 aliphatic rings. The van der Waals surface area contributed by atoms with Gasteiger partial charge in [-0.15, -0.1) is 0 Å². The van der Waals surface area contributed by atoms with Crippen molar-refractivity contribution in [2.45, 2.75) is 44.2 Å². The van der Waals surface area contributed by atoms with E-state index >= 15 is 0 Å². The highest BCUT2D eigenvalue weighted by molar-refractivity contribution is 5.05. The number of hydrogen-bond acceptors (Lipinski definition) is 3. The molecule has 3 heteroatoms. The highest BCUT2D eigenvalue weighted by Crippen LogP contribution is 2.32. The first-order chi connectivity index (χ1) is 5.91. The lowest BCUT2D eigenvalue weighted by atomic mass is 9.78. The molecule has 0 aromatic carbocycles. The average Bonchev–Trinajstić information content (AvgIpc) is 2.32. The molecule has 0 spiro atoms. The Balaban J connectivity index is 2.68. The van der Waals surface area contributed by atoms with Crippen LogP contribution >= 0.6 is 0 Å². The van der Waals surface area contributed by atoms with Gasteiger partial charge in [-0.25, -0.2) is 0 Å². The lowest BCUT2D eigenvalue weighted by molar-refractivity contribution is -0.0214. The van der Waals surface area contributed by atoms with Gasteiger partial charge >= 0.3 is 0 Å². The fraction of sp³-hybridized carbons (Fsp3) is 1.00. The van der Waals surface area contributed by atoms with E-state index in [0.717, 1.165) is 25.8 Å². The van der Waals surface area contributed by atoms with Crippen LogP contribution in [0.5, 0.6) is 0 Å². The van der Waals surface area contributed by atoms with Crippen LogP contribution in [0.4, 0.5) is 0 Å². The third-order valence-corrected chi connectivity index (χ3v) is 3.27. The summed E-state index contributed by atoms with van der Waals surface area (Å²) >= 11 is 0. The molecule has 0 bridgehead atoms. The van der Waals surface area contributed by atoms with Crippen molar-refractivity contribution in [2.75, 3.05) is 20.1 Å². The molecule has 0 radical (unpaired) electrons. The Hall–Kier alpha value is -0.120. The number of nitrogens with two attached hydrogens (primary N) is 1. The Morgan fingerprint density at radius 2 is 2.23 bits per heavy atom. The summed E-state index contributed by atoms with van der Waals surface area (Å²) in [5.41, 5.74) is 5.03. The summed E-state index contributed by atoms with van der Waals surface area (Å²) in [5.74, 6) is 0. The van der Waals surface area contributed by atoms with Crippen LogP contribution in [0.1, 0.15) is 33.1 Å². The Morgan fingerprint density at radius 3 is 2.62 bits per heavy atom. The van der Waals surface area contributed by atoms with Gasteiger partial charge in [0.05, 0.1) is 5.60 Å². The molecule has 13 heavy (non-hydrogen) atoms. The van der Waals surface area contributed by atoms with E-state index in [2.05, 4.69) is 11.8 Å². The maximum atomic E-state index is 10.4. The molecule has 0 amide bonds. The summed E-state index contributed by atoms with van der Waals surface area (Å²) in [6.07, 6.45) is 2.72. The molecule has 2 atom stereocenters. The van der Waals surface area contributed by atoms with Crippen LogP contribution in [0.15, 0.2) is 0 Å².